The van der Waals surface area contributed by atoms with Crippen molar-refractivity contribution in [3.8, 4) is 0 Å². The number of nitrogens with zero attached hydrogens (tertiary/aromatic N) is 2. The predicted octanol–water partition coefficient (Wildman–Crippen LogP) is 6.21. The molecule has 1 N–H and O–H groups in total. The summed E-state index contributed by atoms with van der Waals surface area (Å²) in [5.74, 6) is -0.635. The Kier molecular flexibility index (Phi) is 10.6. The third-order valence-corrected chi connectivity index (χ3v) is 9.98. The first-order valence-corrected chi connectivity index (χ1v) is 16.4. The van der Waals surface area contributed by atoms with Gasteiger partial charge in [0.15, 0.2) is 0 Å². The summed E-state index contributed by atoms with van der Waals surface area (Å²) in [6.07, 6.45) is 5.59. The molecular weight excluding hydrogens is 602 g/mol. The van der Waals surface area contributed by atoms with Crippen molar-refractivity contribution in [2.24, 2.45) is 0 Å². The molecule has 0 heterocycles. The van der Waals surface area contributed by atoms with Crippen molar-refractivity contribution >= 4 is 43.5 Å². The first kappa shape index (κ1) is 30.8. The van der Waals surface area contributed by atoms with Gasteiger partial charge in [-0.05, 0) is 73.7 Å². The maximum atomic E-state index is 14.2. The van der Waals surface area contributed by atoms with Crippen LogP contribution >= 0.6 is 15.9 Å². The summed E-state index contributed by atoms with van der Waals surface area (Å²) in [6, 6.07) is 22.0. The van der Waals surface area contributed by atoms with E-state index < -0.39 is 28.5 Å². The van der Waals surface area contributed by atoms with Gasteiger partial charge >= 0.3 is 0 Å². The summed E-state index contributed by atoms with van der Waals surface area (Å²) < 4.78 is 29.7. The number of anilines is 1. The molecule has 4 rings (SSSR count). The quantitative estimate of drug-likeness (QED) is 0.270. The molecule has 1 saturated carbocycles. The van der Waals surface area contributed by atoms with E-state index in [4.69, 9.17) is 0 Å². The van der Waals surface area contributed by atoms with Crippen LogP contribution in [-0.2, 0) is 26.2 Å². The molecule has 41 heavy (non-hydrogen) atoms. The van der Waals surface area contributed by atoms with E-state index in [1.54, 1.807) is 47.4 Å². The molecule has 1 fully saturated rings. The second kappa shape index (κ2) is 14.1. The van der Waals surface area contributed by atoms with Crippen LogP contribution in [0.1, 0.15) is 56.6 Å². The lowest BCUT2D eigenvalue weighted by atomic mass is 9.95. The Morgan fingerprint density at radius 3 is 2.20 bits per heavy atom. The van der Waals surface area contributed by atoms with E-state index >= 15 is 0 Å². The van der Waals surface area contributed by atoms with Crippen LogP contribution in [0.4, 0.5) is 5.69 Å². The van der Waals surface area contributed by atoms with Crippen LogP contribution in [0.5, 0.6) is 0 Å². The van der Waals surface area contributed by atoms with Gasteiger partial charge in [0.25, 0.3) is 10.0 Å². The van der Waals surface area contributed by atoms with Crippen molar-refractivity contribution in [3.63, 3.8) is 0 Å². The van der Waals surface area contributed by atoms with E-state index in [9.17, 15) is 18.0 Å². The minimum Gasteiger partial charge on any atom is -0.352 e. The summed E-state index contributed by atoms with van der Waals surface area (Å²) in [4.78, 5) is 29.5. The van der Waals surface area contributed by atoms with Crippen molar-refractivity contribution < 1.29 is 18.0 Å². The molecule has 0 unspecified atom stereocenters. The van der Waals surface area contributed by atoms with Crippen LogP contribution < -0.4 is 9.62 Å². The van der Waals surface area contributed by atoms with Gasteiger partial charge in [0.05, 0.1) is 10.6 Å². The molecule has 1 atom stereocenters. The minimum atomic E-state index is -4.08. The molecule has 9 heteroatoms. The third kappa shape index (κ3) is 7.77. The minimum absolute atomic E-state index is 0.0863. The molecular formula is C32H38BrN3O4S. The van der Waals surface area contributed by atoms with Gasteiger partial charge in [-0.1, -0.05) is 84.6 Å². The van der Waals surface area contributed by atoms with Gasteiger partial charge in [0, 0.05) is 17.1 Å². The highest BCUT2D eigenvalue weighted by molar-refractivity contribution is 9.10. The second-order valence-corrected chi connectivity index (χ2v) is 13.3. The fraction of sp³-hybridized carbons (Fsp3) is 0.375. The van der Waals surface area contributed by atoms with Crippen molar-refractivity contribution in [2.45, 2.75) is 75.9 Å². The molecule has 0 bridgehead atoms. The van der Waals surface area contributed by atoms with Gasteiger partial charge < -0.3 is 10.2 Å². The van der Waals surface area contributed by atoms with Crippen molar-refractivity contribution in [2.75, 3.05) is 10.8 Å². The average Bonchev–Trinajstić information content (AvgIpc) is 2.98. The highest BCUT2D eigenvalue weighted by Crippen LogP contribution is 2.27. The number of rotatable bonds is 11. The highest BCUT2D eigenvalue weighted by atomic mass is 79.9. The summed E-state index contributed by atoms with van der Waals surface area (Å²) >= 11 is 3.41. The number of sulfonamides is 1. The molecule has 0 radical (unpaired) electrons. The van der Waals surface area contributed by atoms with Crippen LogP contribution in [0.3, 0.4) is 0 Å². The van der Waals surface area contributed by atoms with E-state index in [2.05, 4.69) is 21.2 Å². The maximum Gasteiger partial charge on any atom is 0.264 e. The van der Waals surface area contributed by atoms with Gasteiger partial charge in [0.1, 0.15) is 12.6 Å². The number of amides is 2. The molecule has 0 aromatic heterocycles. The lowest BCUT2D eigenvalue weighted by Crippen LogP contribution is -2.54. The topological polar surface area (TPSA) is 86.8 Å². The van der Waals surface area contributed by atoms with Gasteiger partial charge in [-0.3, -0.25) is 13.9 Å². The summed E-state index contributed by atoms with van der Waals surface area (Å²) in [7, 11) is -4.08. The van der Waals surface area contributed by atoms with Crippen LogP contribution in [0.25, 0.3) is 0 Å². The number of carbonyl (C=O) groups is 2. The largest absolute Gasteiger partial charge is 0.352 e. The van der Waals surface area contributed by atoms with E-state index in [0.29, 0.717) is 12.1 Å². The molecule has 1 aliphatic rings. The third-order valence-electron chi connectivity index (χ3n) is 7.66. The number of carbonyl (C=O) groups excluding carboxylic acids is 2. The lowest BCUT2D eigenvalue weighted by molar-refractivity contribution is -0.140. The van der Waals surface area contributed by atoms with Gasteiger partial charge in [-0.25, -0.2) is 8.42 Å². The zero-order valence-corrected chi connectivity index (χ0v) is 26.0. The van der Waals surface area contributed by atoms with Crippen LogP contribution in [0, 0.1) is 6.92 Å². The Labute approximate surface area is 252 Å². The van der Waals surface area contributed by atoms with Gasteiger partial charge in [-0.15, -0.1) is 0 Å². The van der Waals surface area contributed by atoms with Gasteiger partial charge in [0.2, 0.25) is 11.8 Å². The average molecular weight is 641 g/mol. The fourth-order valence-electron chi connectivity index (χ4n) is 5.29. The molecule has 3 aromatic carbocycles. The molecule has 218 valence electrons. The monoisotopic (exact) mass is 639 g/mol. The van der Waals surface area contributed by atoms with Gasteiger partial charge in [-0.2, -0.15) is 0 Å². The molecule has 0 aliphatic heterocycles. The summed E-state index contributed by atoms with van der Waals surface area (Å²) in [6.45, 7) is 3.60. The Bertz CT molecular complexity index is 1420. The first-order chi connectivity index (χ1) is 19.7. The molecule has 1 aliphatic carbocycles. The molecule has 7 nitrogen and oxygen atoms in total. The SMILES string of the molecule is CC[C@@H](C(=O)NC1CCCCC1)N(Cc1ccccc1C)C(=O)CN(c1ccc(Br)cc1)S(=O)(=O)c1ccccc1. The number of benzene rings is 3. The van der Waals surface area contributed by atoms with Crippen LogP contribution in [0.2, 0.25) is 0 Å². The number of aryl methyl sites for hydroxylation is 1. The number of halogens is 1. The smallest absolute Gasteiger partial charge is 0.264 e. The number of nitrogens with one attached hydrogen (secondary N) is 1. The molecule has 3 aromatic rings. The second-order valence-electron chi connectivity index (χ2n) is 10.5. The molecule has 2 amide bonds. The van der Waals surface area contributed by atoms with E-state index in [0.717, 1.165) is 45.6 Å². The Hall–Kier alpha value is -3.17. The Morgan fingerprint density at radius 2 is 1.56 bits per heavy atom. The van der Waals surface area contributed by atoms with Crippen LogP contribution in [0.15, 0.2) is 88.2 Å². The van der Waals surface area contributed by atoms with Crippen molar-refractivity contribution in [1.29, 1.82) is 0 Å². The zero-order chi connectivity index (χ0) is 29.4. The lowest BCUT2D eigenvalue weighted by Gasteiger charge is -2.34. The molecule has 0 spiro atoms. The van der Waals surface area contributed by atoms with E-state index in [1.807, 2.05) is 38.1 Å². The van der Waals surface area contributed by atoms with Crippen molar-refractivity contribution in [3.05, 3.63) is 94.5 Å². The summed E-state index contributed by atoms with van der Waals surface area (Å²) in [5, 5.41) is 3.18. The standard InChI is InChI=1S/C32H38BrN3O4S/c1-3-30(32(38)34-27-14-6-4-7-15-27)35(22-25-13-11-10-12-24(25)2)31(37)23-36(28-20-18-26(33)19-21-28)41(39,40)29-16-8-5-9-17-29/h5,8-13,16-21,27,30H,3-4,6-7,14-15,22-23H2,1-2H3,(H,34,38)/t30-/m0/s1. The van der Waals surface area contributed by atoms with Crippen molar-refractivity contribution in [1.82, 2.24) is 10.2 Å². The van der Waals surface area contributed by atoms with Crippen LogP contribution in [-0.4, -0.2) is 43.8 Å². The summed E-state index contributed by atoms with van der Waals surface area (Å²) in [5.41, 5.74) is 2.27. The first-order valence-electron chi connectivity index (χ1n) is 14.2. The van der Waals surface area contributed by atoms with E-state index in [-0.39, 0.29) is 23.4 Å². The molecule has 0 saturated heterocycles. The fourth-order valence-corrected chi connectivity index (χ4v) is 6.99. The Morgan fingerprint density at radius 1 is 0.927 bits per heavy atom. The maximum absolute atomic E-state index is 14.2. The number of hydrogen-bond acceptors (Lipinski definition) is 4. The van der Waals surface area contributed by atoms with E-state index in [1.165, 1.54) is 18.6 Å². The predicted molar refractivity (Wildman–Crippen MR) is 166 cm³/mol. The normalized spacial score (nSPS) is 14.7. The highest BCUT2D eigenvalue weighted by Gasteiger charge is 2.34. The Balaban J connectivity index is 1.70. The number of hydrogen-bond donors (Lipinski definition) is 1. The zero-order valence-electron chi connectivity index (χ0n) is 23.6.